The lowest BCUT2D eigenvalue weighted by Gasteiger charge is -2.33. The van der Waals surface area contributed by atoms with Crippen LogP contribution >= 0.6 is 0 Å². The second-order valence-electron chi connectivity index (χ2n) is 5.57. The maximum absolute atomic E-state index is 5.35. The van der Waals surface area contributed by atoms with Gasteiger partial charge < -0.3 is 9.96 Å². The summed E-state index contributed by atoms with van der Waals surface area (Å²) in [5, 5.41) is 0. The average molecular weight is 269 g/mol. The van der Waals surface area contributed by atoms with Gasteiger partial charge >= 0.3 is 0 Å². The normalized spacial score (nSPS) is 11.4. The molecule has 0 aliphatic rings. The zero-order valence-corrected chi connectivity index (χ0v) is 14.4. The van der Waals surface area contributed by atoms with Crippen LogP contribution in [0.4, 0.5) is 0 Å². The van der Waals surface area contributed by atoms with E-state index in [4.69, 9.17) is 5.73 Å². The van der Waals surface area contributed by atoms with E-state index >= 15 is 0 Å². The van der Waals surface area contributed by atoms with Gasteiger partial charge in [0.15, 0.2) is 0 Å². The molecule has 0 fully saturated rings. The van der Waals surface area contributed by atoms with Crippen LogP contribution in [0.15, 0.2) is 30.3 Å². The third-order valence-corrected chi connectivity index (χ3v) is 10.4. The lowest BCUT2D eigenvalue weighted by atomic mass is 10.2. The van der Waals surface area contributed by atoms with Gasteiger partial charge in [0.1, 0.15) is 8.24 Å². The van der Waals surface area contributed by atoms with Crippen molar-refractivity contribution >= 4 is 17.2 Å². The van der Waals surface area contributed by atoms with Crippen molar-refractivity contribution in [2.45, 2.75) is 39.3 Å². The summed E-state index contributed by atoms with van der Waals surface area (Å²) in [5.74, 6) is 0. The van der Waals surface area contributed by atoms with Crippen LogP contribution in [0.25, 0.3) is 0 Å². The van der Waals surface area contributed by atoms with Gasteiger partial charge in [0.05, 0.1) is 8.96 Å². The van der Waals surface area contributed by atoms with Gasteiger partial charge in [-0.15, -0.1) is 0 Å². The zero-order chi connectivity index (χ0) is 13.5. The van der Waals surface area contributed by atoms with E-state index in [1.54, 1.807) is 0 Å². The van der Waals surface area contributed by atoms with Crippen molar-refractivity contribution in [1.29, 1.82) is 0 Å². The van der Waals surface area contributed by atoms with Crippen LogP contribution < -0.4 is 5.73 Å². The second kappa shape index (κ2) is 7.81. The minimum absolute atomic E-state index is 0.495. The Morgan fingerprint density at radius 3 is 1.76 bits per heavy atom. The molecule has 0 bridgehead atoms. The summed E-state index contributed by atoms with van der Waals surface area (Å²) in [5.41, 5.74) is 6.54. The van der Waals surface area contributed by atoms with Gasteiger partial charge in [-0.1, -0.05) is 63.1 Å². The Morgan fingerprint density at radius 1 is 1.12 bits per heavy atom. The molecule has 0 spiro atoms. The fourth-order valence-corrected chi connectivity index (χ4v) is 7.59. The summed E-state index contributed by atoms with van der Waals surface area (Å²) in [6.07, 6.45) is 0. The zero-order valence-electron chi connectivity index (χ0n) is 12.2. The van der Waals surface area contributed by atoms with Crippen LogP contribution in [-0.2, 0) is 6.54 Å². The van der Waals surface area contributed by atoms with Crippen molar-refractivity contribution in [3.63, 3.8) is 0 Å². The van der Waals surface area contributed by atoms with E-state index in [0.29, 0.717) is 6.54 Å². The monoisotopic (exact) mass is 268 g/mol. The van der Waals surface area contributed by atoms with Crippen molar-refractivity contribution in [3.8, 4) is 0 Å². The summed E-state index contributed by atoms with van der Waals surface area (Å²) in [7, 11) is 0.858. The lowest BCUT2D eigenvalue weighted by Crippen LogP contribution is -2.49. The molecule has 2 N–H and O–H groups in total. The fraction of sp³-hybridized carbons (Fsp3) is 0.538. The molecule has 0 atom stereocenters. The third kappa shape index (κ3) is 7.49. The third-order valence-electron chi connectivity index (χ3n) is 2.91. The Morgan fingerprint density at radius 2 is 1.59 bits per heavy atom. The van der Waals surface area contributed by atoms with Crippen molar-refractivity contribution in [1.82, 2.24) is 4.23 Å². The van der Waals surface area contributed by atoms with Gasteiger partial charge in [0.25, 0.3) is 0 Å². The SMILES string of the molecule is CN([SiH](C)C)[Si](C)(C)C.NCc1ccccc1. The molecule has 2 nitrogen and oxygen atoms in total. The van der Waals surface area contributed by atoms with Gasteiger partial charge in [-0.2, -0.15) is 0 Å². The molecule has 1 rings (SSSR count). The van der Waals surface area contributed by atoms with Gasteiger partial charge in [0, 0.05) is 6.54 Å². The van der Waals surface area contributed by atoms with E-state index in [2.05, 4.69) is 44.0 Å². The van der Waals surface area contributed by atoms with E-state index in [0.717, 1.165) is 0 Å². The fourth-order valence-electron chi connectivity index (χ4n) is 1.39. The first-order valence-electron chi connectivity index (χ1n) is 6.26. The molecule has 98 valence electrons. The predicted octanol–water partition coefficient (Wildman–Crippen LogP) is 2.88. The Balaban J connectivity index is 0.000000302. The van der Waals surface area contributed by atoms with Crippen LogP contribution in [0.3, 0.4) is 0 Å². The molecule has 0 radical (unpaired) electrons. The molecule has 4 heteroatoms. The van der Waals surface area contributed by atoms with Gasteiger partial charge in [0.2, 0.25) is 0 Å². The molecule has 0 saturated heterocycles. The van der Waals surface area contributed by atoms with Crippen molar-refractivity contribution < 1.29 is 0 Å². The Hall–Kier alpha value is -0.426. The van der Waals surface area contributed by atoms with E-state index in [-0.39, 0.29) is 0 Å². The van der Waals surface area contributed by atoms with Crippen LogP contribution in [0.5, 0.6) is 0 Å². The number of hydrogen-bond acceptors (Lipinski definition) is 2. The standard InChI is InChI=1S/C7H9N.C6H19NSi2/c8-6-7-4-2-1-3-5-7;1-7(8(2)3)9(4,5)6/h1-5H,6,8H2;8H,1-6H3. The molecule has 0 aliphatic heterocycles. The Kier molecular flexibility index (Phi) is 7.62. The van der Waals surface area contributed by atoms with E-state index in [9.17, 15) is 0 Å². The molecular formula is C13H28N2Si2. The van der Waals surface area contributed by atoms with E-state index in [1.165, 1.54) is 5.56 Å². The summed E-state index contributed by atoms with van der Waals surface area (Å²) >= 11 is 0. The molecule has 1 aromatic carbocycles. The highest BCUT2D eigenvalue weighted by Crippen LogP contribution is 2.07. The molecule has 0 unspecified atom stereocenters. The second-order valence-corrected chi connectivity index (χ2v) is 14.1. The number of rotatable bonds is 3. The minimum Gasteiger partial charge on any atom is -0.351 e. The first-order chi connectivity index (χ1) is 7.79. The molecule has 0 aliphatic carbocycles. The average Bonchev–Trinajstić information content (AvgIpc) is 2.28. The summed E-state index contributed by atoms with van der Waals surface area (Å²) in [6.45, 7) is 12.6. The van der Waals surface area contributed by atoms with Crippen LogP contribution in [-0.4, -0.2) is 28.5 Å². The quantitative estimate of drug-likeness (QED) is 0.854. The molecule has 0 amide bonds. The van der Waals surface area contributed by atoms with Gasteiger partial charge in [-0.3, -0.25) is 0 Å². The van der Waals surface area contributed by atoms with Gasteiger partial charge in [-0.05, 0) is 12.6 Å². The van der Waals surface area contributed by atoms with E-state index < -0.39 is 17.2 Å². The number of nitrogens with two attached hydrogens (primary N) is 1. The molecule has 0 aromatic heterocycles. The number of nitrogens with zero attached hydrogens (tertiary/aromatic N) is 1. The Bertz CT molecular complexity index is 294. The highest BCUT2D eigenvalue weighted by atomic mass is 28.4. The maximum atomic E-state index is 5.35. The summed E-state index contributed by atoms with van der Waals surface area (Å²) in [6, 6.07) is 9.99. The smallest absolute Gasteiger partial charge is 0.111 e. The van der Waals surface area contributed by atoms with Crippen molar-refractivity contribution in [2.75, 3.05) is 7.05 Å². The molecule has 1 aromatic rings. The van der Waals surface area contributed by atoms with Crippen LogP contribution in [0, 0.1) is 0 Å². The van der Waals surface area contributed by atoms with Crippen molar-refractivity contribution in [3.05, 3.63) is 35.9 Å². The lowest BCUT2D eigenvalue weighted by molar-refractivity contribution is 0.784. The van der Waals surface area contributed by atoms with Crippen LogP contribution in [0.2, 0.25) is 32.7 Å². The highest BCUT2D eigenvalue weighted by molar-refractivity contribution is 6.82. The van der Waals surface area contributed by atoms with Crippen molar-refractivity contribution in [2.24, 2.45) is 5.73 Å². The summed E-state index contributed by atoms with van der Waals surface area (Å²) in [4.78, 5) is 0. The molecular weight excluding hydrogens is 240 g/mol. The van der Waals surface area contributed by atoms with Gasteiger partial charge in [-0.25, -0.2) is 0 Å². The van der Waals surface area contributed by atoms with E-state index in [1.807, 2.05) is 30.3 Å². The largest absolute Gasteiger partial charge is 0.351 e. The number of hydrogen-bond donors (Lipinski definition) is 1. The first-order valence-corrected chi connectivity index (χ1v) is 12.5. The molecule has 0 heterocycles. The summed E-state index contributed by atoms with van der Waals surface area (Å²) < 4.78 is 2.63. The maximum Gasteiger partial charge on any atom is 0.111 e. The minimum atomic E-state index is -0.929. The predicted molar refractivity (Wildman–Crippen MR) is 84.3 cm³/mol. The molecule has 0 saturated carbocycles. The highest BCUT2D eigenvalue weighted by Gasteiger charge is 2.21. The number of benzene rings is 1. The Labute approximate surface area is 110 Å². The van der Waals surface area contributed by atoms with Crippen LogP contribution in [0.1, 0.15) is 5.56 Å². The first kappa shape index (κ1) is 16.6. The molecule has 17 heavy (non-hydrogen) atoms. The topological polar surface area (TPSA) is 29.3 Å².